The average molecular weight is 282 g/mol. The summed E-state index contributed by atoms with van der Waals surface area (Å²) in [7, 11) is 1.29. The molecule has 0 saturated heterocycles. The second kappa shape index (κ2) is 7.62. The van der Waals surface area contributed by atoms with Crippen molar-refractivity contribution >= 4 is 11.9 Å². The van der Waals surface area contributed by atoms with E-state index in [9.17, 15) is 9.59 Å². The van der Waals surface area contributed by atoms with Gasteiger partial charge in [0.05, 0.1) is 12.8 Å². The highest BCUT2D eigenvalue weighted by Crippen LogP contribution is 2.14. The molecule has 1 unspecified atom stereocenters. The van der Waals surface area contributed by atoms with Crippen molar-refractivity contribution in [2.24, 2.45) is 0 Å². The minimum absolute atomic E-state index is 0.130. The number of unbranched alkanes of at least 4 members (excludes halogenated alkanes) is 1. The summed E-state index contributed by atoms with van der Waals surface area (Å²) in [5.41, 5.74) is 0.776. The number of esters is 1. The lowest BCUT2D eigenvalue weighted by Crippen LogP contribution is -2.33. The highest BCUT2D eigenvalue weighted by Gasteiger charge is 2.24. The number of hydrogen-bond donors (Lipinski definition) is 1. The SMILES string of the molecule is CCCCNC(=O)C(C)n1nnc(C(=O)OC)c1CC. The topological polar surface area (TPSA) is 86.1 Å². The smallest absolute Gasteiger partial charge is 0.360 e. The van der Waals surface area contributed by atoms with Gasteiger partial charge in [0.1, 0.15) is 6.04 Å². The maximum atomic E-state index is 12.0. The molecule has 112 valence electrons. The fourth-order valence-electron chi connectivity index (χ4n) is 1.86. The first-order valence-corrected chi connectivity index (χ1v) is 6.86. The Kier molecular flexibility index (Phi) is 6.14. The van der Waals surface area contributed by atoms with E-state index < -0.39 is 12.0 Å². The van der Waals surface area contributed by atoms with Crippen LogP contribution >= 0.6 is 0 Å². The molecular formula is C13H22N4O3. The maximum absolute atomic E-state index is 12.0. The Morgan fingerprint density at radius 2 is 2.10 bits per heavy atom. The molecule has 1 amide bonds. The molecule has 0 fully saturated rings. The molecule has 0 aromatic carbocycles. The van der Waals surface area contributed by atoms with Crippen LogP contribution in [0.2, 0.25) is 0 Å². The van der Waals surface area contributed by atoms with Crippen LogP contribution in [0.4, 0.5) is 0 Å². The Bertz CT molecular complexity index is 470. The van der Waals surface area contributed by atoms with E-state index in [4.69, 9.17) is 0 Å². The summed E-state index contributed by atoms with van der Waals surface area (Å²) in [6, 6.07) is -0.507. The zero-order chi connectivity index (χ0) is 15.1. The molecule has 0 radical (unpaired) electrons. The van der Waals surface area contributed by atoms with Crippen LogP contribution in [0.15, 0.2) is 0 Å². The van der Waals surface area contributed by atoms with Gasteiger partial charge in [-0.3, -0.25) is 4.79 Å². The quantitative estimate of drug-likeness (QED) is 0.598. The minimum atomic E-state index is -0.535. The number of nitrogens with zero attached hydrogens (tertiary/aromatic N) is 3. The molecule has 1 atom stereocenters. The van der Waals surface area contributed by atoms with E-state index in [1.165, 1.54) is 11.8 Å². The van der Waals surface area contributed by atoms with Crippen LogP contribution in [0.1, 0.15) is 55.8 Å². The van der Waals surface area contributed by atoms with Crippen LogP contribution in [0.5, 0.6) is 0 Å². The third-order valence-electron chi connectivity index (χ3n) is 3.08. The molecule has 0 aliphatic heterocycles. The lowest BCUT2D eigenvalue weighted by atomic mass is 10.2. The summed E-state index contributed by atoms with van der Waals surface area (Å²) >= 11 is 0. The van der Waals surface area contributed by atoms with Gasteiger partial charge in [0, 0.05) is 6.54 Å². The summed E-state index contributed by atoms with van der Waals surface area (Å²) in [5, 5.41) is 10.6. The minimum Gasteiger partial charge on any atom is -0.464 e. The van der Waals surface area contributed by atoms with Crippen molar-refractivity contribution in [3.05, 3.63) is 11.4 Å². The standard InChI is InChI=1S/C13H22N4O3/c1-5-7-8-14-12(18)9(3)17-10(6-2)11(15-16-17)13(19)20-4/h9H,5-8H2,1-4H3,(H,14,18). The van der Waals surface area contributed by atoms with Crippen molar-refractivity contribution in [1.82, 2.24) is 20.3 Å². The first-order valence-electron chi connectivity index (χ1n) is 6.86. The van der Waals surface area contributed by atoms with E-state index in [0.717, 1.165) is 12.8 Å². The van der Waals surface area contributed by atoms with Gasteiger partial charge in [-0.05, 0) is 19.8 Å². The first kappa shape index (κ1) is 16.1. The number of carbonyl (C=O) groups excluding carboxylic acids is 2. The molecule has 0 bridgehead atoms. The van der Waals surface area contributed by atoms with Crippen LogP contribution < -0.4 is 5.32 Å². The van der Waals surface area contributed by atoms with E-state index in [-0.39, 0.29) is 11.6 Å². The van der Waals surface area contributed by atoms with Gasteiger partial charge in [0.15, 0.2) is 5.69 Å². The molecule has 1 aromatic heterocycles. The lowest BCUT2D eigenvalue weighted by Gasteiger charge is -2.14. The molecule has 1 heterocycles. The van der Waals surface area contributed by atoms with Gasteiger partial charge in [-0.15, -0.1) is 5.10 Å². The zero-order valence-corrected chi connectivity index (χ0v) is 12.5. The van der Waals surface area contributed by atoms with E-state index in [1.54, 1.807) is 6.92 Å². The molecule has 0 spiro atoms. The van der Waals surface area contributed by atoms with Crippen molar-refractivity contribution in [2.75, 3.05) is 13.7 Å². The number of aromatic nitrogens is 3. The molecule has 0 aliphatic rings. The van der Waals surface area contributed by atoms with Crippen molar-refractivity contribution in [3.63, 3.8) is 0 Å². The predicted octanol–water partition coefficient (Wildman–Crippen LogP) is 1.10. The highest BCUT2D eigenvalue weighted by molar-refractivity contribution is 5.88. The van der Waals surface area contributed by atoms with Gasteiger partial charge >= 0.3 is 5.97 Å². The molecule has 1 rings (SSSR count). The third kappa shape index (κ3) is 3.55. The van der Waals surface area contributed by atoms with Gasteiger partial charge in [0.25, 0.3) is 0 Å². The largest absolute Gasteiger partial charge is 0.464 e. The van der Waals surface area contributed by atoms with Crippen molar-refractivity contribution in [3.8, 4) is 0 Å². The van der Waals surface area contributed by atoms with Crippen LogP contribution in [0, 0.1) is 0 Å². The predicted molar refractivity (Wildman–Crippen MR) is 73.4 cm³/mol. The Morgan fingerprint density at radius 3 is 2.65 bits per heavy atom. The normalized spacial score (nSPS) is 12.0. The van der Waals surface area contributed by atoms with Crippen LogP contribution in [0.3, 0.4) is 0 Å². The van der Waals surface area contributed by atoms with E-state index >= 15 is 0 Å². The van der Waals surface area contributed by atoms with Gasteiger partial charge in [0.2, 0.25) is 5.91 Å². The molecular weight excluding hydrogens is 260 g/mol. The molecule has 7 nitrogen and oxygen atoms in total. The van der Waals surface area contributed by atoms with E-state index in [0.29, 0.717) is 18.7 Å². The Morgan fingerprint density at radius 1 is 1.40 bits per heavy atom. The summed E-state index contributed by atoms with van der Waals surface area (Å²) in [4.78, 5) is 23.6. The number of ether oxygens (including phenoxy) is 1. The van der Waals surface area contributed by atoms with E-state index in [2.05, 4.69) is 27.3 Å². The number of hydrogen-bond acceptors (Lipinski definition) is 5. The maximum Gasteiger partial charge on any atom is 0.360 e. The number of rotatable bonds is 7. The first-order chi connectivity index (χ1) is 9.56. The number of nitrogens with one attached hydrogen (secondary N) is 1. The molecule has 0 saturated carbocycles. The molecule has 1 aromatic rings. The second-order valence-electron chi connectivity index (χ2n) is 4.50. The van der Waals surface area contributed by atoms with Crippen molar-refractivity contribution < 1.29 is 14.3 Å². The van der Waals surface area contributed by atoms with E-state index in [1.807, 2.05) is 6.92 Å². The Labute approximate surface area is 118 Å². The molecule has 7 heteroatoms. The summed E-state index contributed by atoms with van der Waals surface area (Å²) in [6.07, 6.45) is 2.50. The molecule has 1 N–H and O–H groups in total. The average Bonchev–Trinajstić information content (AvgIpc) is 2.89. The van der Waals surface area contributed by atoms with Gasteiger partial charge in [-0.1, -0.05) is 25.5 Å². The van der Waals surface area contributed by atoms with Crippen molar-refractivity contribution in [1.29, 1.82) is 0 Å². The van der Waals surface area contributed by atoms with Crippen LogP contribution in [-0.4, -0.2) is 40.5 Å². The number of methoxy groups -OCH3 is 1. The summed E-state index contributed by atoms with van der Waals surface area (Å²) in [6.45, 7) is 6.31. The Balaban J connectivity index is 2.87. The monoisotopic (exact) mass is 282 g/mol. The lowest BCUT2D eigenvalue weighted by molar-refractivity contribution is -0.124. The fourth-order valence-corrected chi connectivity index (χ4v) is 1.86. The van der Waals surface area contributed by atoms with Gasteiger partial charge < -0.3 is 10.1 Å². The zero-order valence-electron chi connectivity index (χ0n) is 12.5. The number of carbonyl (C=O) groups is 2. The summed E-state index contributed by atoms with van der Waals surface area (Å²) < 4.78 is 6.14. The van der Waals surface area contributed by atoms with Gasteiger partial charge in [-0.25, -0.2) is 9.48 Å². The summed E-state index contributed by atoms with van der Waals surface area (Å²) in [5.74, 6) is -0.666. The third-order valence-corrected chi connectivity index (χ3v) is 3.08. The van der Waals surface area contributed by atoms with Crippen molar-refractivity contribution in [2.45, 2.75) is 46.1 Å². The fraction of sp³-hybridized carbons (Fsp3) is 0.692. The molecule has 20 heavy (non-hydrogen) atoms. The van der Waals surface area contributed by atoms with Gasteiger partial charge in [-0.2, -0.15) is 0 Å². The number of amides is 1. The molecule has 0 aliphatic carbocycles. The second-order valence-corrected chi connectivity index (χ2v) is 4.50. The van der Waals surface area contributed by atoms with Crippen LogP contribution in [-0.2, 0) is 16.0 Å². The highest BCUT2D eigenvalue weighted by atomic mass is 16.5. The van der Waals surface area contributed by atoms with Crippen LogP contribution in [0.25, 0.3) is 0 Å². The Hall–Kier alpha value is -1.92.